The van der Waals surface area contributed by atoms with Crippen molar-refractivity contribution in [3.8, 4) is 5.69 Å². The van der Waals surface area contributed by atoms with Crippen molar-refractivity contribution in [2.24, 2.45) is 0 Å². The third kappa shape index (κ3) is 5.74. The van der Waals surface area contributed by atoms with Crippen LogP contribution in [0, 0.1) is 0 Å². The van der Waals surface area contributed by atoms with Crippen LogP contribution in [-0.4, -0.2) is 90.9 Å². The molecule has 5 N–H and O–H groups in total. The largest absolute Gasteiger partial charge is 0.395 e. The number of nitrogens with one attached hydrogen (secondary N) is 1. The van der Waals surface area contributed by atoms with Gasteiger partial charge in [-0.2, -0.15) is 15.0 Å². The zero-order chi connectivity index (χ0) is 20.6. The topological polar surface area (TPSA) is 127 Å². The summed E-state index contributed by atoms with van der Waals surface area (Å²) in [5.74, 6) is 0. The maximum absolute atomic E-state index is 10.0. The van der Waals surface area contributed by atoms with Crippen LogP contribution in [0.2, 0.25) is 0 Å². The summed E-state index contributed by atoms with van der Waals surface area (Å²) in [4.78, 5) is 3.45. The van der Waals surface area contributed by atoms with Crippen molar-refractivity contribution >= 4 is 5.69 Å². The van der Waals surface area contributed by atoms with E-state index in [0.717, 1.165) is 43.6 Å². The molecule has 1 aromatic carbocycles. The van der Waals surface area contributed by atoms with E-state index in [0.29, 0.717) is 6.54 Å². The number of nitrogens with zero attached hydrogens (tertiary/aromatic N) is 4. The van der Waals surface area contributed by atoms with E-state index < -0.39 is 24.4 Å². The molecular formula is C20H31N5O4. The van der Waals surface area contributed by atoms with E-state index in [-0.39, 0.29) is 13.2 Å². The SMILES string of the molecule is OC[C@@H]1[C@@H](O)[C@H](O)[C@@H](O)CN1CCCCCCNc1ccc(-n2nccn2)cc1. The number of β-amino-alcohol motifs (C(OH)–C–C–N with tert-alkyl or cyclic N) is 1. The Morgan fingerprint density at radius 2 is 1.62 bits per heavy atom. The van der Waals surface area contributed by atoms with E-state index >= 15 is 0 Å². The molecule has 1 aromatic heterocycles. The average Bonchev–Trinajstić information content (AvgIpc) is 3.27. The predicted octanol–water partition coefficient (Wildman–Crippen LogP) is -0.00120. The van der Waals surface area contributed by atoms with Crippen LogP contribution in [0.1, 0.15) is 25.7 Å². The number of hydrogen-bond acceptors (Lipinski definition) is 8. The van der Waals surface area contributed by atoms with Gasteiger partial charge in [0.1, 0.15) is 12.2 Å². The Balaban J connectivity index is 1.30. The van der Waals surface area contributed by atoms with Gasteiger partial charge in [-0.05, 0) is 43.7 Å². The molecule has 160 valence electrons. The summed E-state index contributed by atoms with van der Waals surface area (Å²) in [6.45, 7) is 1.60. The maximum atomic E-state index is 10.0. The van der Waals surface area contributed by atoms with Crippen LogP contribution in [0.4, 0.5) is 5.69 Å². The first-order chi connectivity index (χ1) is 14.1. The molecular weight excluding hydrogens is 374 g/mol. The minimum absolute atomic E-state index is 0.232. The van der Waals surface area contributed by atoms with Gasteiger partial charge in [-0.1, -0.05) is 12.8 Å². The van der Waals surface area contributed by atoms with Crippen LogP contribution in [0.15, 0.2) is 36.7 Å². The summed E-state index contributed by atoms with van der Waals surface area (Å²) < 4.78 is 0. The molecule has 1 fully saturated rings. The molecule has 0 saturated carbocycles. The monoisotopic (exact) mass is 405 g/mol. The van der Waals surface area contributed by atoms with E-state index in [9.17, 15) is 20.4 Å². The predicted molar refractivity (Wildman–Crippen MR) is 109 cm³/mol. The van der Waals surface area contributed by atoms with Crippen molar-refractivity contribution in [2.45, 2.75) is 50.0 Å². The number of aliphatic hydroxyl groups excluding tert-OH is 4. The summed E-state index contributed by atoms with van der Waals surface area (Å²) in [6.07, 6.45) is 4.04. The van der Waals surface area contributed by atoms with Crippen LogP contribution in [0.3, 0.4) is 0 Å². The molecule has 0 aliphatic carbocycles. The molecule has 0 amide bonds. The minimum Gasteiger partial charge on any atom is -0.395 e. The van der Waals surface area contributed by atoms with Gasteiger partial charge in [-0.25, -0.2) is 0 Å². The molecule has 1 aliphatic rings. The molecule has 9 heteroatoms. The van der Waals surface area contributed by atoms with E-state index in [2.05, 4.69) is 15.5 Å². The fraction of sp³-hybridized carbons (Fsp3) is 0.600. The number of aromatic nitrogens is 3. The molecule has 0 bridgehead atoms. The fourth-order valence-electron chi connectivity index (χ4n) is 3.72. The van der Waals surface area contributed by atoms with Crippen LogP contribution >= 0.6 is 0 Å². The highest BCUT2D eigenvalue weighted by molar-refractivity contribution is 5.48. The fourth-order valence-corrected chi connectivity index (χ4v) is 3.72. The van der Waals surface area contributed by atoms with E-state index in [1.807, 2.05) is 29.2 Å². The van der Waals surface area contributed by atoms with Crippen molar-refractivity contribution in [3.05, 3.63) is 36.7 Å². The third-order valence-electron chi connectivity index (χ3n) is 5.43. The quantitative estimate of drug-likeness (QED) is 0.350. The van der Waals surface area contributed by atoms with Gasteiger partial charge in [0.05, 0.1) is 36.8 Å². The summed E-state index contributed by atoms with van der Waals surface area (Å²) in [5, 5.41) is 50.7. The number of anilines is 1. The standard InChI is InChI=1S/C20H31N5O4/c26-14-17-19(28)20(29)18(27)13-24(17)12-4-2-1-3-9-21-15-5-7-16(8-6-15)25-22-10-11-23-25/h5-8,10-11,17-21,26-29H,1-4,9,12-14H2/t17-,18+,19-,20-/m1/s1. The summed E-state index contributed by atoms with van der Waals surface area (Å²) in [5.41, 5.74) is 1.98. The summed E-state index contributed by atoms with van der Waals surface area (Å²) in [6, 6.07) is 7.44. The lowest BCUT2D eigenvalue weighted by atomic mass is 9.94. The van der Waals surface area contributed by atoms with Crippen LogP contribution in [0.5, 0.6) is 0 Å². The Morgan fingerprint density at radius 3 is 2.31 bits per heavy atom. The summed E-state index contributed by atoms with van der Waals surface area (Å²) >= 11 is 0. The molecule has 1 aliphatic heterocycles. The number of hydrogen-bond donors (Lipinski definition) is 5. The number of unbranched alkanes of at least 4 members (excludes halogenated alkanes) is 3. The molecule has 0 spiro atoms. The van der Waals surface area contributed by atoms with Crippen molar-refractivity contribution in [1.29, 1.82) is 0 Å². The maximum Gasteiger partial charge on any atom is 0.109 e. The number of likely N-dealkylation sites (tertiary alicyclic amines) is 1. The first kappa shape index (κ1) is 21.7. The van der Waals surface area contributed by atoms with Gasteiger partial charge in [0.15, 0.2) is 0 Å². The van der Waals surface area contributed by atoms with Gasteiger partial charge >= 0.3 is 0 Å². The normalized spacial score (nSPS) is 25.2. The van der Waals surface area contributed by atoms with E-state index in [1.54, 1.807) is 17.2 Å². The van der Waals surface area contributed by atoms with E-state index in [1.165, 1.54) is 0 Å². The smallest absolute Gasteiger partial charge is 0.109 e. The van der Waals surface area contributed by atoms with Crippen LogP contribution in [-0.2, 0) is 0 Å². The molecule has 2 aromatic rings. The average molecular weight is 405 g/mol. The molecule has 9 nitrogen and oxygen atoms in total. The van der Waals surface area contributed by atoms with Crippen molar-refractivity contribution < 1.29 is 20.4 Å². The third-order valence-corrected chi connectivity index (χ3v) is 5.43. The van der Waals surface area contributed by atoms with Gasteiger partial charge in [0, 0.05) is 18.8 Å². The van der Waals surface area contributed by atoms with Gasteiger partial charge in [0.25, 0.3) is 0 Å². The Morgan fingerprint density at radius 1 is 0.931 bits per heavy atom. The first-order valence-corrected chi connectivity index (χ1v) is 10.2. The molecule has 2 heterocycles. The lowest BCUT2D eigenvalue weighted by Crippen LogP contribution is -2.62. The summed E-state index contributed by atoms with van der Waals surface area (Å²) in [7, 11) is 0. The van der Waals surface area contributed by atoms with Gasteiger partial charge in [0.2, 0.25) is 0 Å². The molecule has 4 atom stereocenters. The molecule has 0 unspecified atom stereocenters. The van der Waals surface area contributed by atoms with Crippen LogP contribution < -0.4 is 5.32 Å². The lowest BCUT2D eigenvalue weighted by molar-refractivity contribution is -0.145. The highest BCUT2D eigenvalue weighted by Crippen LogP contribution is 2.19. The van der Waals surface area contributed by atoms with Crippen LogP contribution in [0.25, 0.3) is 5.69 Å². The highest BCUT2D eigenvalue weighted by atomic mass is 16.4. The highest BCUT2D eigenvalue weighted by Gasteiger charge is 2.40. The van der Waals surface area contributed by atoms with Crippen molar-refractivity contribution in [3.63, 3.8) is 0 Å². The number of benzene rings is 1. The zero-order valence-electron chi connectivity index (χ0n) is 16.5. The number of rotatable bonds is 10. The Labute approximate surface area is 170 Å². The van der Waals surface area contributed by atoms with E-state index in [4.69, 9.17) is 0 Å². The Hall–Kier alpha value is -2.04. The van der Waals surface area contributed by atoms with Crippen molar-refractivity contribution in [1.82, 2.24) is 19.9 Å². The van der Waals surface area contributed by atoms with Gasteiger partial charge < -0.3 is 25.7 Å². The van der Waals surface area contributed by atoms with Gasteiger partial charge in [-0.15, -0.1) is 0 Å². The Bertz CT molecular complexity index is 712. The van der Waals surface area contributed by atoms with Crippen molar-refractivity contribution in [2.75, 3.05) is 31.6 Å². The number of piperidine rings is 1. The Kier molecular flexibility index (Phi) is 7.96. The second kappa shape index (κ2) is 10.7. The second-order valence-electron chi connectivity index (χ2n) is 7.50. The molecule has 3 rings (SSSR count). The first-order valence-electron chi connectivity index (χ1n) is 10.2. The molecule has 29 heavy (non-hydrogen) atoms. The van der Waals surface area contributed by atoms with Gasteiger partial charge in [-0.3, -0.25) is 4.90 Å². The molecule has 1 saturated heterocycles. The second-order valence-corrected chi connectivity index (χ2v) is 7.50. The number of aliphatic hydroxyl groups is 4. The minimum atomic E-state index is -1.20. The molecule has 0 radical (unpaired) electrons. The lowest BCUT2D eigenvalue weighted by Gasteiger charge is -2.43. The zero-order valence-corrected chi connectivity index (χ0v) is 16.5.